The summed E-state index contributed by atoms with van der Waals surface area (Å²) in [4.78, 5) is 14.3. The largest absolute Gasteiger partial charge is 0.455 e. The Bertz CT molecular complexity index is 3680. The van der Waals surface area contributed by atoms with E-state index in [2.05, 4.69) is 56.9 Å². The van der Waals surface area contributed by atoms with Crippen molar-refractivity contribution in [3.63, 3.8) is 0 Å². The number of hydrogen-bond acceptors (Lipinski definition) is 5. The second-order valence-corrected chi connectivity index (χ2v) is 20.5. The lowest BCUT2D eigenvalue weighted by atomic mass is 9.75. The Balaban J connectivity index is 1.14. The molecule has 0 spiro atoms. The van der Waals surface area contributed by atoms with Crippen molar-refractivity contribution in [2.24, 2.45) is 0 Å². The van der Waals surface area contributed by atoms with Gasteiger partial charge in [-0.3, -0.25) is 15.0 Å². The summed E-state index contributed by atoms with van der Waals surface area (Å²) < 4.78 is 100. The molecule has 0 aliphatic heterocycles. The molecule has 4 aromatic heterocycles. The van der Waals surface area contributed by atoms with E-state index in [0.29, 0.717) is 39.3 Å². The fourth-order valence-electron chi connectivity index (χ4n) is 9.09. The zero-order chi connectivity index (χ0) is 56.7. The maximum atomic E-state index is 17.0. The Morgan fingerprint density at radius 3 is 1.60 bits per heavy atom. The van der Waals surface area contributed by atoms with E-state index in [1.807, 2.05) is 54.6 Å². The van der Waals surface area contributed by atoms with E-state index in [1.165, 1.54) is 36.5 Å². The highest BCUT2D eigenvalue weighted by molar-refractivity contribution is 6.09. The van der Waals surface area contributed by atoms with Crippen molar-refractivity contribution in [1.82, 2.24) is 15.0 Å². The predicted molar refractivity (Wildman–Crippen MR) is 286 cm³/mol. The average molecular weight is 931 g/mol. The molecule has 0 unspecified atom stereocenters. The number of furan rings is 1. The van der Waals surface area contributed by atoms with Crippen molar-refractivity contribution in [2.45, 2.75) is 116 Å². The SMILES string of the molecule is [2H]c1cc2c(oc3c(-c4cc(F)c(C(C)(C)C([2H])([2H])c5cc(C([2H])([2H])C(C)(C)c6ccc(-c7cccc(C(C)C)c7)nc6)cc(C([2H])([2H])C(C)(C)c6ccc(-c7cccc(C(C)C)c7)nc6)c5)cn4)cccc32)c([2H])c1C#N. The van der Waals surface area contributed by atoms with Crippen molar-refractivity contribution in [3.8, 4) is 39.8 Å². The van der Waals surface area contributed by atoms with Crippen LogP contribution in [0, 0.1) is 17.1 Å². The zero-order valence-corrected chi connectivity index (χ0v) is 41.5. The lowest BCUT2D eigenvalue weighted by molar-refractivity contribution is 0.476. The van der Waals surface area contributed by atoms with Crippen molar-refractivity contribution >= 4 is 21.9 Å². The van der Waals surface area contributed by atoms with Crippen LogP contribution in [0.5, 0.6) is 0 Å². The predicted octanol–water partition coefficient (Wildman–Crippen LogP) is 16.6. The molecule has 0 radical (unpaired) electrons. The van der Waals surface area contributed by atoms with Crippen LogP contribution in [0.1, 0.15) is 142 Å². The highest BCUT2D eigenvalue weighted by Crippen LogP contribution is 2.39. The molecule has 5 nitrogen and oxygen atoms in total. The van der Waals surface area contributed by atoms with E-state index >= 15 is 4.39 Å². The highest BCUT2D eigenvalue weighted by atomic mass is 19.1. The Morgan fingerprint density at radius 2 is 1.11 bits per heavy atom. The molecule has 70 heavy (non-hydrogen) atoms. The van der Waals surface area contributed by atoms with Crippen molar-refractivity contribution in [3.05, 3.63) is 208 Å². The maximum Gasteiger partial charge on any atom is 0.144 e. The second kappa shape index (κ2) is 18.9. The van der Waals surface area contributed by atoms with Gasteiger partial charge in [0.25, 0.3) is 0 Å². The lowest BCUT2D eigenvalue weighted by Crippen LogP contribution is -2.25. The van der Waals surface area contributed by atoms with Crippen LogP contribution in [-0.2, 0) is 35.4 Å². The molecule has 9 rings (SSSR count). The summed E-state index contributed by atoms with van der Waals surface area (Å²) in [5.74, 6) is -0.162. The Hall–Kier alpha value is -7.23. The number of aromatic nitrogens is 3. The molecule has 0 bridgehead atoms. The fourth-order valence-corrected chi connectivity index (χ4v) is 9.09. The van der Waals surface area contributed by atoms with Gasteiger partial charge in [-0.2, -0.15) is 5.26 Å². The van der Waals surface area contributed by atoms with Crippen LogP contribution in [0.2, 0.25) is 0 Å². The molecule has 0 atom stereocenters. The van der Waals surface area contributed by atoms with Gasteiger partial charge in [0, 0.05) is 65.9 Å². The molecular formula is C64H63FN4O. The van der Waals surface area contributed by atoms with Gasteiger partial charge in [-0.25, -0.2) is 4.39 Å². The number of rotatable bonds is 14. The summed E-state index contributed by atoms with van der Waals surface area (Å²) in [5.41, 5.74) is 3.09. The van der Waals surface area contributed by atoms with Crippen molar-refractivity contribution < 1.29 is 19.8 Å². The third kappa shape index (κ3) is 9.94. The third-order valence-corrected chi connectivity index (χ3v) is 13.2. The molecule has 0 saturated heterocycles. The summed E-state index contributed by atoms with van der Waals surface area (Å²) in [6.45, 7) is 18.6. The standard InChI is InChI=1S/C64H63FN4O/c1-40(2)46-14-11-16-48(30-46)57-24-21-50(37-67-57)62(5,6)33-43-26-44(34-63(7,8)51-22-25-58(68-38-51)49-17-12-15-47(31-49)41(3)4)28-45(27-43)35-64(9,10)55-39-69-59(32-56(55)65)54-19-13-18-53-52-23-20-42(36-66)29-60(52)70-61(53)54/h11-32,37-41H,33-35H2,1-10H3/i20D,29D,33D2,34D2,35D2. The second-order valence-electron chi connectivity index (χ2n) is 20.5. The van der Waals surface area contributed by atoms with Crippen LogP contribution < -0.4 is 0 Å². The maximum absolute atomic E-state index is 17.0. The fraction of sp³-hybridized carbons (Fsp3) is 0.281. The highest BCUT2D eigenvalue weighted by Gasteiger charge is 2.29. The van der Waals surface area contributed by atoms with Gasteiger partial charge in [0.2, 0.25) is 0 Å². The monoisotopic (exact) mass is 931 g/mol. The van der Waals surface area contributed by atoms with Crippen LogP contribution in [0.4, 0.5) is 4.39 Å². The quantitative estimate of drug-likeness (QED) is 0.109. The molecule has 0 amide bonds. The number of fused-ring (bicyclic) bond motifs is 3. The normalized spacial score (nSPS) is 14.6. The van der Waals surface area contributed by atoms with Gasteiger partial charge < -0.3 is 4.42 Å². The molecular weight excluding hydrogens is 860 g/mol. The van der Waals surface area contributed by atoms with Crippen LogP contribution >= 0.6 is 0 Å². The van der Waals surface area contributed by atoms with E-state index in [-0.39, 0.29) is 56.8 Å². The first-order chi connectivity index (χ1) is 36.5. The lowest BCUT2D eigenvalue weighted by Gasteiger charge is -2.30. The molecule has 9 aromatic rings. The average Bonchev–Trinajstić information content (AvgIpc) is 3.82. The zero-order valence-electron chi connectivity index (χ0n) is 49.5. The third-order valence-electron chi connectivity index (χ3n) is 13.2. The first-order valence-electron chi connectivity index (χ1n) is 27.9. The van der Waals surface area contributed by atoms with Gasteiger partial charge in [-0.1, -0.05) is 148 Å². The molecule has 352 valence electrons. The smallest absolute Gasteiger partial charge is 0.144 e. The molecule has 0 N–H and O–H groups in total. The Labute approximate surface area is 424 Å². The van der Waals surface area contributed by atoms with Gasteiger partial charge in [0.1, 0.15) is 17.0 Å². The first kappa shape index (κ1) is 38.6. The van der Waals surface area contributed by atoms with Crippen molar-refractivity contribution in [1.29, 1.82) is 5.26 Å². The van der Waals surface area contributed by atoms with Crippen molar-refractivity contribution in [2.75, 3.05) is 0 Å². The van der Waals surface area contributed by atoms with Gasteiger partial charge in [0.15, 0.2) is 0 Å². The number of hydrogen-bond donors (Lipinski definition) is 0. The minimum absolute atomic E-state index is 0.0229. The number of benzene rings is 5. The van der Waals surface area contributed by atoms with Crippen LogP contribution in [0.15, 0.2) is 156 Å². The van der Waals surface area contributed by atoms with Gasteiger partial charge in [-0.05, 0) is 135 Å². The summed E-state index contributed by atoms with van der Waals surface area (Å²) in [5, 5.41) is 10.6. The number of pyridine rings is 3. The number of nitriles is 1. The molecule has 6 heteroatoms. The molecule has 0 aliphatic rings. The van der Waals surface area contributed by atoms with E-state index in [9.17, 15) is 13.5 Å². The summed E-state index contributed by atoms with van der Waals surface area (Å²) in [7, 11) is 0. The van der Waals surface area contributed by atoms with Gasteiger partial charge >= 0.3 is 0 Å². The topological polar surface area (TPSA) is 75.6 Å². The van der Waals surface area contributed by atoms with Crippen LogP contribution in [0.25, 0.3) is 55.7 Å². The number of nitrogens with zero attached hydrogens (tertiary/aromatic N) is 4. The summed E-state index contributed by atoms with van der Waals surface area (Å²) in [6, 6.07) is 37.5. The molecule has 0 fully saturated rings. The Morgan fingerprint density at radius 1 is 0.600 bits per heavy atom. The minimum Gasteiger partial charge on any atom is -0.455 e. The first-order valence-corrected chi connectivity index (χ1v) is 23.9. The van der Waals surface area contributed by atoms with E-state index < -0.39 is 41.2 Å². The summed E-state index contributed by atoms with van der Waals surface area (Å²) >= 11 is 0. The van der Waals surface area contributed by atoms with E-state index in [0.717, 1.165) is 33.6 Å². The molecule has 4 heterocycles. The van der Waals surface area contributed by atoms with Gasteiger partial charge in [0.05, 0.1) is 31.5 Å². The molecule has 0 saturated carbocycles. The van der Waals surface area contributed by atoms with Crippen LogP contribution in [0.3, 0.4) is 0 Å². The summed E-state index contributed by atoms with van der Waals surface area (Å²) in [6.07, 6.45) is -2.45. The van der Waals surface area contributed by atoms with E-state index in [1.54, 1.807) is 72.1 Å². The Kier molecular flexibility index (Phi) is 10.4. The minimum atomic E-state index is -2.50. The number of para-hydroxylation sites is 1. The van der Waals surface area contributed by atoms with Gasteiger partial charge in [-0.15, -0.1) is 0 Å². The van der Waals surface area contributed by atoms with E-state index in [4.69, 9.17) is 17.1 Å². The molecule has 0 aliphatic carbocycles. The number of halogens is 1. The van der Waals surface area contributed by atoms with Crippen LogP contribution in [-0.4, -0.2) is 15.0 Å². The molecule has 5 aromatic carbocycles.